The molecule has 88 valence electrons. The van der Waals surface area contributed by atoms with Gasteiger partial charge < -0.3 is 0 Å². The Kier molecular flexibility index (Phi) is 3.07. The quantitative estimate of drug-likeness (QED) is 0.749. The van der Waals surface area contributed by atoms with Gasteiger partial charge in [-0.2, -0.15) is 0 Å². The van der Waals surface area contributed by atoms with Crippen LogP contribution in [0.2, 0.25) is 5.02 Å². The van der Waals surface area contributed by atoms with Gasteiger partial charge in [0.2, 0.25) is 0 Å². The molecule has 0 aliphatic rings. The summed E-state index contributed by atoms with van der Waals surface area (Å²) in [7, 11) is 0. The van der Waals surface area contributed by atoms with Gasteiger partial charge in [-0.1, -0.05) is 11.6 Å². The summed E-state index contributed by atoms with van der Waals surface area (Å²) in [5, 5.41) is -0.209. The first-order chi connectivity index (χ1) is 7.99. The highest BCUT2D eigenvalue weighted by atomic mass is 35.5. The van der Waals surface area contributed by atoms with Crippen molar-refractivity contribution in [3.8, 4) is 11.3 Å². The van der Waals surface area contributed by atoms with Crippen LogP contribution in [0.5, 0.6) is 0 Å². The third-order valence-corrected chi connectivity index (χ3v) is 2.53. The molecule has 0 aliphatic heterocycles. The van der Waals surface area contributed by atoms with Gasteiger partial charge in [-0.15, -0.1) is 0 Å². The monoisotopic (exact) mass is 257 g/mol. The van der Waals surface area contributed by atoms with Crippen LogP contribution in [0.3, 0.4) is 0 Å². The predicted octanol–water partition coefficient (Wildman–Crippen LogP) is 4.13. The molecule has 1 aromatic carbocycles. The van der Waals surface area contributed by atoms with Crippen LogP contribution in [0.25, 0.3) is 11.3 Å². The first kappa shape index (κ1) is 11.9. The van der Waals surface area contributed by atoms with Crippen LogP contribution in [0.1, 0.15) is 5.69 Å². The van der Waals surface area contributed by atoms with Crippen LogP contribution >= 0.6 is 11.6 Å². The maximum Gasteiger partial charge on any atom is 0.149 e. The van der Waals surface area contributed by atoms with Gasteiger partial charge in [0, 0.05) is 11.8 Å². The molecule has 2 rings (SSSR count). The molecule has 17 heavy (non-hydrogen) atoms. The van der Waals surface area contributed by atoms with Gasteiger partial charge in [-0.3, -0.25) is 0 Å². The largest absolute Gasteiger partial charge is 0.250 e. The van der Waals surface area contributed by atoms with E-state index in [0.717, 1.165) is 12.1 Å². The minimum absolute atomic E-state index is 0.209. The molecule has 0 saturated heterocycles. The molecule has 0 unspecified atom stereocenters. The minimum atomic E-state index is -0.938. The Labute approximate surface area is 101 Å². The van der Waals surface area contributed by atoms with E-state index >= 15 is 0 Å². The van der Waals surface area contributed by atoms with Crippen LogP contribution in [-0.2, 0) is 0 Å². The molecule has 0 saturated carbocycles. The van der Waals surface area contributed by atoms with Crippen LogP contribution in [-0.4, -0.2) is 4.98 Å². The average molecular weight is 258 g/mol. The fourth-order valence-corrected chi connectivity index (χ4v) is 1.77. The lowest BCUT2D eigenvalue weighted by molar-refractivity contribution is 0.581. The fourth-order valence-electron chi connectivity index (χ4n) is 1.48. The molecule has 2 aromatic rings. The summed E-state index contributed by atoms with van der Waals surface area (Å²) < 4.78 is 40.0. The number of pyridine rings is 1. The van der Waals surface area contributed by atoms with Crippen molar-refractivity contribution in [1.29, 1.82) is 0 Å². The zero-order valence-electron chi connectivity index (χ0n) is 8.77. The second kappa shape index (κ2) is 4.37. The van der Waals surface area contributed by atoms with E-state index in [1.54, 1.807) is 6.92 Å². The van der Waals surface area contributed by atoms with Crippen LogP contribution in [0.15, 0.2) is 24.3 Å². The van der Waals surface area contributed by atoms with Crippen molar-refractivity contribution < 1.29 is 13.2 Å². The normalized spacial score (nSPS) is 10.6. The molecule has 0 spiro atoms. The van der Waals surface area contributed by atoms with Crippen molar-refractivity contribution in [2.45, 2.75) is 6.92 Å². The molecule has 1 aromatic heterocycles. The topological polar surface area (TPSA) is 12.9 Å². The number of hydrogen-bond acceptors (Lipinski definition) is 1. The van der Waals surface area contributed by atoms with E-state index in [4.69, 9.17) is 11.6 Å². The Morgan fingerprint density at radius 3 is 2.41 bits per heavy atom. The highest BCUT2D eigenvalue weighted by molar-refractivity contribution is 6.33. The van der Waals surface area contributed by atoms with Gasteiger partial charge in [-0.25, -0.2) is 18.2 Å². The summed E-state index contributed by atoms with van der Waals surface area (Å²) >= 11 is 5.71. The molecule has 0 bridgehead atoms. The molecule has 0 N–H and O–H groups in total. The van der Waals surface area contributed by atoms with Crippen molar-refractivity contribution in [3.63, 3.8) is 0 Å². The summed E-state index contributed by atoms with van der Waals surface area (Å²) in [6.45, 7) is 1.64. The van der Waals surface area contributed by atoms with Gasteiger partial charge in [0.05, 0.1) is 10.6 Å². The Balaban J connectivity index is 2.72. The smallest absolute Gasteiger partial charge is 0.149 e. The van der Waals surface area contributed by atoms with Crippen molar-refractivity contribution in [1.82, 2.24) is 4.98 Å². The number of nitrogens with zero attached hydrogens (tertiary/aromatic N) is 1. The Hall–Kier alpha value is -1.55. The van der Waals surface area contributed by atoms with E-state index in [9.17, 15) is 13.2 Å². The summed E-state index contributed by atoms with van der Waals surface area (Å²) in [5.41, 5.74) is 0.0722. The number of hydrogen-bond donors (Lipinski definition) is 0. The van der Waals surface area contributed by atoms with E-state index in [1.807, 2.05) is 0 Å². The van der Waals surface area contributed by atoms with Gasteiger partial charge >= 0.3 is 0 Å². The maximum atomic E-state index is 13.6. The Bertz CT molecular complexity index is 561. The average Bonchev–Trinajstić information content (AvgIpc) is 2.21. The lowest BCUT2D eigenvalue weighted by Crippen LogP contribution is -1.96. The highest BCUT2D eigenvalue weighted by Crippen LogP contribution is 2.31. The SMILES string of the molecule is Cc1ccc(F)c(-c2c(F)cc(F)cc2Cl)n1. The Morgan fingerprint density at radius 2 is 1.76 bits per heavy atom. The van der Waals surface area contributed by atoms with E-state index < -0.39 is 17.5 Å². The van der Waals surface area contributed by atoms with Crippen molar-refractivity contribution in [2.24, 2.45) is 0 Å². The van der Waals surface area contributed by atoms with E-state index in [1.165, 1.54) is 6.07 Å². The van der Waals surface area contributed by atoms with Gasteiger partial charge in [0.15, 0.2) is 0 Å². The lowest BCUT2D eigenvalue weighted by atomic mass is 10.1. The first-order valence-electron chi connectivity index (χ1n) is 4.77. The summed E-state index contributed by atoms with van der Waals surface area (Å²) in [6, 6.07) is 4.18. The second-order valence-electron chi connectivity index (χ2n) is 3.53. The number of rotatable bonds is 1. The van der Waals surface area contributed by atoms with Crippen LogP contribution < -0.4 is 0 Å². The molecule has 0 aliphatic carbocycles. The lowest BCUT2D eigenvalue weighted by Gasteiger charge is -2.07. The van der Waals surface area contributed by atoms with E-state index in [0.29, 0.717) is 11.8 Å². The minimum Gasteiger partial charge on any atom is -0.250 e. The van der Waals surface area contributed by atoms with Gasteiger partial charge in [-0.05, 0) is 25.1 Å². The van der Waals surface area contributed by atoms with Crippen molar-refractivity contribution >= 4 is 11.6 Å². The molecule has 0 amide bonds. The Morgan fingerprint density at radius 1 is 1.06 bits per heavy atom. The third kappa shape index (κ3) is 2.26. The fraction of sp³-hybridized carbons (Fsp3) is 0.0833. The standard InChI is InChI=1S/C12H7ClF3N/c1-6-2-3-9(15)12(17-6)11-8(13)4-7(14)5-10(11)16/h2-5H,1H3. The molecule has 0 atom stereocenters. The third-order valence-electron chi connectivity index (χ3n) is 2.23. The zero-order valence-corrected chi connectivity index (χ0v) is 9.52. The summed E-state index contributed by atoms with van der Waals surface area (Å²) in [6.07, 6.45) is 0. The number of aromatic nitrogens is 1. The van der Waals surface area contributed by atoms with Gasteiger partial charge in [0.1, 0.15) is 23.1 Å². The second-order valence-corrected chi connectivity index (χ2v) is 3.93. The molecule has 0 radical (unpaired) electrons. The number of benzene rings is 1. The highest BCUT2D eigenvalue weighted by Gasteiger charge is 2.17. The van der Waals surface area contributed by atoms with E-state index in [2.05, 4.69) is 4.98 Å². The molecule has 1 heterocycles. The summed E-state index contributed by atoms with van der Waals surface area (Å²) in [4.78, 5) is 3.87. The molecular weight excluding hydrogens is 251 g/mol. The molecule has 1 nitrogen and oxygen atoms in total. The maximum absolute atomic E-state index is 13.6. The van der Waals surface area contributed by atoms with Crippen molar-refractivity contribution in [3.05, 3.63) is 52.4 Å². The van der Waals surface area contributed by atoms with Crippen molar-refractivity contribution in [2.75, 3.05) is 0 Å². The molecule has 5 heteroatoms. The van der Waals surface area contributed by atoms with E-state index in [-0.39, 0.29) is 16.3 Å². The van der Waals surface area contributed by atoms with Crippen LogP contribution in [0.4, 0.5) is 13.2 Å². The van der Waals surface area contributed by atoms with Crippen LogP contribution in [0, 0.1) is 24.4 Å². The first-order valence-corrected chi connectivity index (χ1v) is 5.15. The predicted molar refractivity (Wildman–Crippen MR) is 59.3 cm³/mol. The molecular formula is C12H7ClF3N. The number of halogens is 4. The summed E-state index contributed by atoms with van der Waals surface area (Å²) in [5.74, 6) is -2.46. The number of aryl methyl sites for hydroxylation is 1. The zero-order chi connectivity index (χ0) is 12.6. The molecule has 0 fully saturated rings. The van der Waals surface area contributed by atoms with Gasteiger partial charge in [0.25, 0.3) is 0 Å².